The second-order valence-corrected chi connectivity index (χ2v) is 9.57. The van der Waals surface area contributed by atoms with E-state index in [2.05, 4.69) is 69.9 Å². The largest absolute Gasteiger partial charge is 0.334 e. The molecule has 142 valence electrons. The van der Waals surface area contributed by atoms with Crippen molar-refractivity contribution < 1.29 is 4.52 Å². The molecule has 0 aliphatic heterocycles. The molecule has 0 unspecified atom stereocenters. The zero-order chi connectivity index (χ0) is 19.8. The molecule has 0 atom stereocenters. The van der Waals surface area contributed by atoms with Crippen molar-refractivity contribution in [2.75, 3.05) is 0 Å². The molecule has 3 aromatic rings. The maximum Gasteiger partial charge on any atom is 0.258 e. The highest BCUT2D eigenvalue weighted by Crippen LogP contribution is 2.34. The number of hydrogen-bond acceptors (Lipinski definition) is 5. The lowest BCUT2D eigenvalue weighted by Gasteiger charge is -2.25. The second-order valence-electron chi connectivity index (χ2n) is 8.86. The Kier molecular flexibility index (Phi) is 5.19. The van der Waals surface area contributed by atoms with Crippen molar-refractivity contribution in [1.29, 1.82) is 0 Å². The molecule has 0 aliphatic rings. The predicted molar refractivity (Wildman–Crippen MR) is 113 cm³/mol. The monoisotopic (exact) mass is 381 g/mol. The van der Waals surface area contributed by atoms with E-state index in [4.69, 9.17) is 9.66 Å². The molecule has 0 spiro atoms. The fraction of sp³-hybridized carbons (Fsp3) is 0.364. The summed E-state index contributed by atoms with van der Waals surface area (Å²) in [4.78, 5) is 5.63. The minimum absolute atomic E-state index is 0.0363. The maximum atomic E-state index is 5.61. The highest BCUT2D eigenvalue weighted by molar-refractivity contribution is 7.97. The van der Waals surface area contributed by atoms with Gasteiger partial charge in [-0.15, -0.1) is 0 Å². The third kappa shape index (κ3) is 4.42. The minimum atomic E-state index is 0.0363. The van der Waals surface area contributed by atoms with Crippen LogP contribution in [0.5, 0.6) is 0 Å². The molecule has 2 N–H and O–H groups in total. The molecule has 1 heterocycles. The summed E-state index contributed by atoms with van der Waals surface area (Å²) in [5.74, 6) is 1.12. The highest BCUT2D eigenvalue weighted by atomic mass is 32.2. The summed E-state index contributed by atoms with van der Waals surface area (Å²) in [5.41, 5.74) is 4.46. The molecule has 0 amide bonds. The van der Waals surface area contributed by atoms with Gasteiger partial charge in [0.2, 0.25) is 5.82 Å². The van der Waals surface area contributed by atoms with Gasteiger partial charge in [0.15, 0.2) is 0 Å². The Morgan fingerprint density at radius 3 is 1.85 bits per heavy atom. The van der Waals surface area contributed by atoms with Crippen LogP contribution in [0.2, 0.25) is 0 Å². The Balaban J connectivity index is 2.04. The van der Waals surface area contributed by atoms with Crippen molar-refractivity contribution in [1.82, 2.24) is 10.1 Å². The number of nitrogens with two attached hydrogens (primary N) is 1. The minimum Gasteiger partial charge on any atom is -0.334 e. The predicted octanol–water partition coefficient (Wildman–Crippen LogP) is 5.96. The van der Waals surface area contributed by atoms with E-state index in [-0.39, 0.29) is 10.8 Å². The number of rotatable bonds is 3. The van der Waals surface area contributed by atoms with Crippen LogP contribution in [-0.4, -0.2) is 10.1 Å². The van der Waals surface area contributed by atoms with Gasteiger partial charge in [-0.05, 0) is 70.3 Å². The van der Waals surface area contributed by atoms with Crippen LogP contribution in [-0.2, 0) is 10.8 Å². The van der Waals surface area contributed by atoms with Crippen molar-refractivity contribution in [2.45, 2.75) is 57.3 Å². The maximum absolute atomic E-state index is 5.61. The Hall–Kier alpha value is -2.11. The molecule has 2 aromatic carbocycles. The van der Waals surface area contributed by atoms with Gasteiger partial charge in [-0.1, -0.05) is 52.8 Å². The van der Waals surface area contributed by atoms with E-state index < -0.39 is 0 Å². The smallest absolute Gasteiger partial charge is 0.258 e. The molecule has 0 bridgehead atoms. The molecule has 1 aromatic heterocycles. The van der Waals surface area contributed by atoms with Crippen molar-refractivity contribution in [3.05, 3.63) is 53.6 Å². The Morgan fingerprint density at radius 1 is 0.815 bits per heavy atom. The van der Waals surface area contributed by atoms with E-state index in [1.807, 2.05) is 24.3 Å². The van der Waals surface area contributed by atoms with Crippen LogP contribution < -0.4 is 5.14 Å². The van der Waals surface area contributed by atoms with Crippen molar-refractivity contribution >= 4 is 11.9 Å². The third-order valence-electron chi connectivity index (χ3n) is 4.59. The van der Waals surface area contributed by atoms with Crippen LogP contribution in [0.1, 0.15) is 52.7 Å². The summed E-state index contributed by atoms with van der Waals surface area (Å²) >= 11 is 1.22. The Bertz CT molecular complexity index is 899. The molecule has 27 heavy (non-hydrogen) atoms. The van der Waals surface area contributed by atoms with Gasteiger partial charge in [-0.25, -0.2) is 0 Å². The molecule has 5 heteroatoms. The normalized spacial score (nSPS) is 12.4. The van der Waals surface area contributed by atoms with Gasteiger partial charge in [0.05, 0.1) is 0 Å². The summed E-state index contributed by atoms with van der Waals surface area (Å²) in [6.07, 6.45) is 0. The van der Waals surface area contributed by atoms with Gasteiger partial charge in [0.1, 0.15) is 0 Å². The number of aromatic nitrogens is 2. The highest BCUT2D eigenvalue weighted by Gasteiger charge is 2.22. The van der Waals surface area contributed by atoms with E-state index >= 15 is 0 Å². The standard InChI is InChI=1S/C22H27N3OS/c1-21(2,3)16-11-15(12-17(13-16)22(4,5)6)20-24-19(25-26-20)14-7-9-18(27-23)10-8-14/h7-13H,23H2,1-6H3. The summed E-state index contributed by atoms with van der Waals surface area (Å²) in [6, 6.07) is 14.4. The Labute approximate surface area is 165 Å². The summed E-state index contributed by atoms with van der Waals surface area (Å²) in [6.45, 7) is 13.3. The molecule has 0 radical (unpaired) electrons. The van der Waals surface area contributed by atoms with Crippen LogP contribution in [0.4, 0.5) is 0 Å². The van der Waals surface area contributed by atoms with E-state index in [1.54, 1.807) is 0 Å². The molecule has 0 fully saturated rings. The van der Waals surface area contributed by atoms with Crippen molar-refractivity contribution in [2.24, 2.45) is 5.14 Å². The van der Waals surface area contributed by atoms with E-state index in [0.29, 0.717) is 11.7 Å². The molecule has 0 saturated heterocycles. The van der Waals surface area contributed by atoms with Crippen LogP contribution in [0.15, 0.2) is 51.9 Å². The topological polar surface area (TPSA) is 64.9 Å². The van der Waals surface area contributed by atoms with E-state index in [0.717, 1.165) is 16.0 Å². The van der Waals surface area contributed by atoms with Gasteiger partial charge >= 0.3 is 0 Å². The average molecular weight is 382 g/mol. The van der Waals surface area contributed by atoms with Crippen molar-refractivity contribution in [3.63, 3.8) is 0 Å². The van der Waals surface area contributed by atoms with Gasteiger partial charge in [0, 0.05) is 16.0 Å². The SMILES string of the molecule is CC(C)(C)c1cc(-c2nc(-c3ccc(SN)cc3)no2)cc(C(C)(C)C)c1. The average Bonchev–Trinajstić information content (AvgIpc) is 3.10. The summed E-state index contributed by atoms with van der Waals surface area (Å²) in [5, 5.41) is 9.76. The Morgan fingerprint density at radius 2 is 1.37 bits per heavy atom. The van der Waals surface area contributed by atoms with Crippen LogP contribution >= 0.6 is 11.9 Å². The zero-order valence-electron chi connectivity index (χ0n) is 16.8. The van der Waals surface area contributed by atoms with Crippen LogP contribution in [0.25, 0.3) is 22.8 Å². The van der Waals surface area contributed by atoms with Gasteiger partial charge < -0.3 is 4.52 Å². The van der Waals surface area contributed by atoms with Crippen molar-refractivity contribution in [3.8, 4) is 22.8 Å². The quantitative estimate of drug-likeness (QED) is 0.567. The molecular weight excluding hydrogens is 354 g/mol. The summed E-state index contributed by atoms with van der Waals surface area (Å²) < 4.78 is 5.61. The lowest BCUT2D eigenvalue weighted by molar-refractivity contribution is 0.432. The van der Waals surface area contributed by atoms with Crippen LogP contribution in [0, 0.1) is 0 Å². The molecular formula is C22H27N3OS. The number of hydrogen-bond donors (Lipinski definition) is 1. The fourth-order valence-corrected chi connectivity index (χ4v) is 3.05. The first-order valence-corrected chi connectivity index (χ1v) is 9.93. The lowest BCUT2D eigenvalue weighted by Crippen LogP contribution is -2.16. The van der Waals surface area contributed by atoms with E-state index in [9.17, 15) is 0 Å². The van der Waals surface area contributed by atoms with Crippen LogP contribution in [0.3, 0.4) is 0 Å². The van der Waals surface area contributed by atoms with E-state index in [1.165, 1.54) is 23.1 Å². The molecule has 4 nitrogen and oxygen atoms in total. The number of nitrogens with zero attached hydrogens (tertiary/aromatic N) is 2. The summed E-state index contributed by atoms with van der Waals surface area (Å²) in [7, 11) is 0. The second kappa shape index (κ2) is 7.13. The van der Waals surface area contributed by atoms with Gasteiger partial charge in [-0.2, -0.15) is 4.98 Å². The van der Waals surface area contributed by atoms with Gasteiger partial charge in [0.25, 0.3) is 5.89 Å². The molecule has 0 aliphatic carbocycles. The zero-order valence-corrected chi connectivity index (χ0v) is 17.6. The first kappa shape index (κ1) is 19.6. The first-order chi connectivity index (χ1) is 12.6. The fourth-order valence-electron chi connectivity index (χ4n) is 2.76. The lowest BCUT2D eigenvalue weighted by atomic mass is 9.79. The molecule has 0 saturated carbocycles. The first-order valence-electron chi connectivity index (χ1n) is 9.05. The number of benzene rings is 2. The molecule has 3 rings (SSSR count). The van der Waals surface area contributed by atoms with Gasteiger partial charge in [-0.3, -0.25) is 5.14 Å². The third-order valence-corrected chi connectivity index (χ3v) is 5.13.